The van der Waals surface area contributed by atoms with E-state index in [1.807, 2.05) is 0 Å². The van der Waals surface area contributed by atoms with Crippen LogP contribution in [-0.4, -0.2) is 52.6 Å². The van der Waals surface area contributed by atoms with Crippen LogP contribution < -0.4 is 9.46 Å². The van der Waals surface area contributed by atoms with Gasteiger partial charge in [0.2, 0.25) is 10.0 Å². The summed E-state index contributed by atoms with van der Waals surface area (Å²) < 4.78 is 38.5. The lowest BCUT2D eigenvalue weighted by Gasteiger charge is -2.27. The molecular formula is C19H21ClN2O5S. The van der Waals surface area contributed by atoms with Crippen molar-refractivity contribution < 1.29 is 22.7 Å². The number of morpholine rings is 1. The van der Waals surface area contributed by atoms with Gasteiger partial charge in [0.1, 0.15) is 5.75 Å². The molecule has 7 nitrogen and oxygen atoms in total. The van der Waals surface area contributed by atoms with Crippen LogP contribution in [0.3, 0.4) is 0 Å². The molecule has 3 rings (SSSR count). The number of amides is 1. The number of rotatable bonds is 6. The van der Waals surface area contributed by atoms with E-state index in [1.54, 1.807) is 29.2 Å². The lowest BCUT2D eigenvalue weighted by atomic mass is 10.1. The van der Waals surface area contributed by atoms with Crippen LogP contribution in [0.25, 0.3) is 0 Å². The zero-order chi connectivity index (χ0) is 20.1. The van der Waals surface area contributed by atoms with Gasteiger partial charge in [0.05, 0.1) is 30.8 Å². The Morgan fingerprint density at radius 1 is 1.21 bits per heavy atom. The molecule has 0 spiro atoms. The number of nitrogens with zero attached hydrogens (tertiary/aromatic N) is 1. The number of sulfonamides is 1. The van der Waals surface area contributed by atoms with Crippen LogP contribution in [-0.2, 0) is 21.3 Å². The van der Waals surface area contributed by atoms with E-state index in [-0.39, 0.29) is 22.9 Å². The van der Waals surface area contributed by atoms with Gasteiger partial charge in [-0.1, -0.05) is 23.7 Å². The first kappa shape index (κ1) is 20.6. The van der Waals surface area contributed by atoms with Crippen LogP contribution in [0, 0.1) is 0 Å². The Morgan fingerprint density at radius 2 is 1.96 bits per heavy atom. The Kier molecular flexibility index (Phi) is 6.56. The first-order valence-electron chi connectivity index (χ1n) is 8.70. The van der Waals surface area contributed by atoms with Gasteiger partial charge in [-0.15, -0.1) is 0 Å². The summed E-state index contributed by atoms with van der Waals surface area (Å²) in [6.07, 6.45) is 0. The van der Waals surface area contributed by atoms with Gasteiger partial charge in [-0.25, -0.2) is 13.1 Å². The van der Waals surface area contributed by atoms with Gasteiger partial charge in [0.15, 0.2) is 0 Å². The van der Waals surface area contributed by atoms with Gasteiger partial charge >= 0.3 is 0 Å². The SMILES string of the molecule is COc1ccc(S(=O)(=O)NCc2cccc(Cl)c2)cc1C(=O)N1CCOCC1. The maximum atomic E-state index is 12.8. The van der Waals surface area contributed by atoms with E-state index in [4.69, 9.17) is 21.1 Å². The summed E-state index contributed by atoms with van der Waals surface area (Å²) in [5, 5.41) is 0.527. The third-order valence-electron chi connectivity index (χ3n) is 4.37. The van der Waals surface area contributed by atoms with E-state index in [9.17, 15) is 13.2 Å². The van der Waals surface area contributed by atoms with Crippen LogP contribution in [0.5, 0.6) is 5.75 Å². The fourth-order valence-electron chi connectivity index (χ4n) is 2.87. The van der Waals surface area contributed by atoms with E-state index in [1.165, 1.54) is 25.3 Å². The van der Waals surface area contributed by atoms with Crippen molar-refractivity contribution in [2.75, 3.05) is 33.4 Å². The van der Waals surface area contributed by atoms with Crippen molar-refractivity contribution in [3.05, 3.63) is 58.6 Å². The van der Waals surface area contributed by atoms with E-state index in [0.717, 1.165) is 5.56 Å². The third-order valence-corrected chi connectivity index (χ3v) is 6.00. The Labute approximate surface area is 169 Å². The predicted molar refractivity (Wildman–Crippen MR) is 105 cm³/mol. The molecule has 0 unspecified atom stereocenters. The fourth-order valence-corrected chi connectivity index (χ4v) is 4.12. The van der Waals surface area contributed by atoms with Crippen LogP contribution >= 0.6 is 11.6 Å². The van der Waals surface area contributed by atoms with Crippen LogP contribution in [0.1, 0.15) is 15.9 Å². The van der Waals surface area contributed by atoms with Crippen molar-refractivity contribution in [1.82, 2.24) is 9.62 Å². The van der Waals surface area contributed by atoms with Crippen LogP contribution in [0.15, 0.2) is 47.4 Å². The van der Waals surface area contributed by atoms with Gasteiger partial charge in [-0.05, 0) is 35.9 Å². The summed E-state index contributed by atoms with van der Waals surface area (Å²) >= 11 is 5.93. The molecule has 1 aliphatic heterocycles. The molecular weight excluding hydrogens is 404 g/mol. The Bertz CT molecular complexity index is 959. The average Bonchev–Trinajstić information content (AvgIpc) is 2.72. The number of benzene rings is 2. The van der Waals surface area contributed by atoms with Gasteiger partial charge in [-0.2, -0.15) is 0 Å². The van der Waals surface area contributed by atoms with Gasteiger partial charge in [-0.3, -0.25) is 4.79 Å². The first-order chi connectivity index (χ1) is 13.4. The largest absolute Gasteiger partial charge is 0.496 e. The second-order valence-corrected chi connectivity index (χ2v) is 8.42. The molecule has 1 N–H and O–H groups in total. The number of carbonyl (C=O) groups excluding carboxylic acids is 1. The first-order valence-corrected chi connectivity index (χ1v) is 10.6. The van der Waals surface area contributed by atoms with Crippen molar-refractivity contribution in [1.29, 1.82) is 0 Å². The highest BCUT2D eigenvalue weighted by molar-refractivity contribution is 7.89. The molecule has 0 atom stereocenters. The van der Waals surface area contributed by atoms with Crippen molar-refractivity contribution >= 4 is 27.5 Å². The van der Waals surface area contributed by atoms with Crippen molar-refractivity contribution in [3.8, 4) is 5.75 Å². The third kappa shape index (κ3) is 4.82. The summed E-state index contributed by atoms with van der Waals surface area (Å²) in [6, 6.07) is 11.2. The topological polar surface area (TPSA) is 84.9 Å². The van der Waals surface area contributed by atoms with E-state index >= 15 is 0 Å². The molecule has 0 saturated carbocycles. The second-order valence-electron chi connectivity index (χ2n) is 6.22. The molecule has 0 bridgehead atoms. The highest BCUT2D eigenvalue weighted by Gasteiger charge is 2.24. The smallest absolute Gasteiger partial charge is 0.257 e. The standard InChI is InChI=1S/C19H21ClN2O5S/c1-26-18-6-5-16(12-17(18)19(23)22-7-9-27-10-8-22)28(24,25)21-13-14-3-2-4-15(20)11-14/h2-6,11-12,21H,7-10,13H2,1H3. The van der Waals surface area contributed by atoms with Crippen molar-refractivity contribution in [2.45, 2.75) is 11.4 Å². The second kappa shape index (κ2) is 8.91. The maximum Gasteiger partial charge on any atom is 0.257 e. The highest BCUT2D eigenvalue weighted by Crippen LogP contribution is 2.24. The van der Waals surface area contributed by atoms with E-state index in [2.05, 4.69) is 4.72 Å². The lowest BCUT2D eigenvalue weighted by Crippen LogP contribution is -2.40. The number of methoxy groups -OCH3 is 1. The Hall–Kier alpha value is -2.13. The summed E-state index contributed by atoms with van der Waals surface area (Å²) in [5.41, 5.74) is 0.934. The Morgan fingerprint density at radius 3 is 2.64 bits per heavy atom. The molecule has 28 heavy (non-hydrogen) atoms. The summed E-state index contributed by atoms with van der Waals surface area (Å²) in [5.74, 6) is 0.0392. The highest BCUT2D eigenvalue weighted by atomic mass is 35.5. The quantitative estimate of drug-likeness (QED) is 0.769. The molecule has 2 aromatic carbocycles. The van der Waals surface area contributed by atoms with Gasteiger partial charge in [0.25, 0.3) is 5.91 Å². The molecule has 0 radical (unpaired) electrons. The molecule has 2 aromatic rings. The Balaban J connectivity index is 1.83. The fraction of sp³-hybridized carbons (Fsp3) is 0.316. The van der Waals surface area contributed by atoms with E-state index in [0.29, 0.717) is 37.1 Å². The summed E-state index contributed by atoms with van der Waals surface area (Å²) in [7, 11) is -2.39. The minimum atomic E-state index is -3.83. The normalized spacial score (nSPS) is 14.7. The number of carbonyl (C=O) groups is 1. The zero-order valence-electron chi connectivity index (χ0n) is 15.4. The number of hydrogen-bond donors (Lipinski definition) is 1. The lowest BCUT2D eigenvalue weighted by molar-refractivity contribution is 0.0300. The number of halogens is 1. The molecule has 9 heteroatoms. The molecule has 150 valence electrons. The predicted octanol–water partition coefficient (Wildman–Crippen LogP) is 2.30. The molecule has 1 amide bonds. The zero-order valence-corrected chi connectivity index (χ0v) is 16.9. The molecule has 1 aliphatic rings. The summed E-state index contributed by atoms with van der Waals surface area (Å²) in [4.78, 5) is 14.5. The minimum Gasteiger partial charge on any atom is -0.496 e. The van der Waals surface area contributed by atoms with Crippen molar-refractivity contribution in [3.63, 3.8) is 0 Å². The van der Waals surface area contributed by atoms with Crippen LogP contribution in [0.4, 0.5) is 0 Å². The van der Waals surface area contributed by atoms with E-state index < -0.39 is 10.0 Å². The number of hydrogen-bond acceptors (Lipinski definition) is 5. The number of nitrogens with one attached hydrogen (secondary N) is 1. The molecule has 1 fully saturated rings. The number of ether oxygens (including phenoxy) is 2. The average molecular weight is 425 g/mol. The van der Waals surface area contributed by atoms with Crippen molar-refractivity contribution in [2.24, 2.45) is 0 Å². The minimum absolute atomic E-state index is 0.00747. The molecule has 1 saturated heterocycles. The summed E-state index contributed by atoms with van der Waals surface area (Å²) in [6.45, 7) is 1.89. The van der Waals surface area contributed by atoms with Crippen LogP contribution in [0.2, 0.25) is 5.02 Å². The van der Waals surface area contributed by atoms with Gasteiger partial charge < -0.3 is 14.4 Å². The van der Waals surface area contributed by atoms with Gasteiger partial charge in [0, 0.05) is 24.7 Å². The maximum absolute atomic E-state index is 12.8. The molecule has 0 aromatic heterocycles. The monoisotopic (exact) mass is 424 g/mol. The molecule has 0 aliphatic carbocycles. The molecule has 1 heterocycles.